The molecule has 0 aromatic heterocycles. The van der Waals surface area contributed by atoms with E-state index in [2.05, 4.69) is 10.2 Å². The van der Waals surface area contributed by atoms with Gasteiger partial charge in [-0.25, -0.2) is 4.79 Å². The van der Waals surface area contributed by atoms with Gasteiger partial charge in [0.25, 0.3) is 0 Å². The van der Waals surface area contributed by atoms with Crippen molar-refractivity contribution in [3.8, 4) is 0 Å². The van der Waals surface area contributed by atoms with Crippen molar-refractivity contribution in [2.75, 3.05) is 33.2 Å². The van der Waals surface area contributed by atoms with Gasteiger partial charge in [-0.2, -0.15) is 0 Å². The number of carboxylic acid groups (broad SMARTS) is 1. The lowest BCUT2D eigenvalue weighted by Crippen LogP contribution is -2.55. The highest BCUT2D eigenvalue weighted by molar-refractivity contribution is 5.76. The summed E-state index contributed by atoms with van der Waals surface area (Å²) >= 11 is 0. The second-order valence-corrected chi connectivity index (χ2v) is 6.26. The van der Waals surface area contributed by atoms with Crippen LogP contribution in [0.3, 0.4) is 0 Å². The fourth-order valence-electron chi connectivity index (χ4n) is 2.00. The average Bonchev–Trinajstić information content (AvgIpc) is 2.27. The summed E-state index contributed by atoms with van der Waals surface area (Å²) < 4.78 is 0. The van der Waals surface area contributed by atoms with Gasteiger partial charge in [0.2, 0.25) is 0 Å². The van der Waals surface area contributed by atoms with E-state index in [1.54, 1.807) is 4.90 Å². The van der Waals surface area contributed by atoms with Gasteiger partial charge in [0.15, 0.2) is 0 Å². The van der Waals surface area contributed by atoms with E-state index in [4.69, 9.17) is 5.11 Å². The second kappa shape index (κ2) is 6.23. The minimum absolute atomic E-state index is 0.0526. The molecule has 0 spiro atoms. The molecule has 2 N–H and O–H groups in total. The third-order valence-electron chi connectivity index (χ3n) is 3.51. The minimum atomic E-state index is -0.890. The lowest BCUT2D eigenvalue weighted by atomic mass is 9.85. The van der Waals surface area contributed by atoms with Crippen LogP contribution in [0.2, 0.25) is 0 Å². The van der Waals surface area contributed by atoms with Crippen molar-refractivity contribution in [3.63, 3.8) is 0 Å². The van der Waals surface area contributed by atoms with E-state index < -0.39 is 5.97 Å². The quantitative estimate of drug-likeness (QED) is 0.797. The van der Waals surface area contributed by atoms with Crippen LogP contribution in [0.5, 0.6) is 0 Å². The molecule has 0 radical (unpaired) electrons. The highest BCUT2D eigenvalue weighted by Gasteiger charge is 2.30. The van der Waals surface area contributed by atoms with Gasteiger partial charge < -0.3 is 20.2 Å². The van der Waals surface area contributed by atoms with Crippen molar-refractivity contribution in [2.45, 2.75) is 33.2 Å². The normalized spacial score (nSPS) is 19.1. The predicted octanol–water partition coefficient (Wildman–Crippen LogP) is 0.833. The van der Waals surface area contributed by atoms with Gasteiger partial charge in [0.05, 0.1) is 6.42 Å². The lowest BCUT2D eigenvalue weighted by Gasteiger charge is -2.36. The first-order valence-electron chi connectivity index (χ1n) is 6.66. The first-order chi connectivity index (χ1) is 8.70. The number of hydrogen-bond acceptors (Lipinski definition) is 3. The molecule has 110 valence electrons. The number of carbonyl (C=O) groups is 2. The summed E-state index contributed by atoms with van der Waals surface area (Å²) in [5.74, 6) is -0.890. The van der Waals surface area contributed by atoms with Crippen LogP contribution in [0.1, 0.15) is 27.2 Å². The first kappa shape index (κ1) is 15.8. The maximum Gasteiger partial charge on any atom is 0.317 e. The fraction of sp³-hybridized carbons (Fsp3) is 0.846. The predicted molar refractivity (Wildman–Crippen MR) is 73.1 cm³/mol. The van der Waals surface area contributed by atoms with Gasteiger partial charge in [-0.3, -0.25) is 4.79 Å². The zero-order chi connectivity index (χ0) is 14.6. The molecule has 6 heteroatoms. The van der Waals surface area contributed by atoms with E-state index in [9.17, 15) is 9.59 Å². The van der Waals surface area contributed by atoms with Crippen LogP contribution in [-0.2, 0) is 4.79 Å². The van der Waals surface area contributed by atoms with E-state index in [1.807, 2.05) is 27.8 Å². The summed E-state index contributed by atoms with van der Waals surface area (Å²) in [6.07, 6.45) is -0.0526. The van der Waals surface area contributed by atoms with Crippen molar-refractivity contribution in [1.82, 2.24) is 15.1 Å². The Morgan fingerprint density at radius 2 is 1.74 bits per heavy atom. The Kier molecular flexibility index (Phi) is 5.17. The molecule has 2 amide bonds. The van der Waals surface area contributed by atoms with Gasteiger partial charge in [0.1, 0.15) is 0 Å². The minimum Gasteiger partial charge on any atom is -0.481 e. The van der Waals surface area contributed by atoms with Crippen LogP contribution in [0, 0.1) is 5.41 Å². The third-order valence-corrected chi connectivity index (χ3v) is 3.51. The summed E-state index contributed by atoms with van der Waals surface area (Å²) in [5, 5.41) is 11.8. The number of urea groups is 1. The number of carboxylic acids is 1. The molecule has 1 heterocycles. The summed E-state index contributed by atoms with van der Waals surface area (Å²) in [7, 11) is 2.03. The Balaban J connectivity index is 2.58. The average molecular weight is 271 g/mol. The molecule has 1 atom stereocenters. The number of likely N-dealkylation sites (N-methyl/N-ethyl adjacent to an activating group) is 1. The number of aliphatic carboxylic acids is 1. The largest absolute Gasteiger partial charge is 0.481 e. The SMILES string of the molecule is CN1CCN(C(=O)NC(CC(=O)O)C(C)(C)C)CC1. The molecule has 1 unspecified atom stereocenters. The van der Waals surface area contributed by atoms with E-state index in [-0.39, 0.29) is 23.9 Å². The van der Waals surface area contributed by atoms with Crippen molar-refractivity contribution in [3.05, 3.63) is 0 Å². The zero-order valence-corrected chi connectivity index (χ0v) is 12.3. The van der Waals surface area contributed by atoms with Gasteiger partial charge in [-0.15, -0.1) is 0 Å². The monoisotopic (exact) mass is 271 g/mol. The van der Waals surface area contributed by atoms with Crippen LogP contribution >= 0.6 is 0 Å². The highest BCUT2D eigenvalue weighted by Crippen LogP contribution is 2.22. The molecule has 0 bridgehead atoms. The van der Waals surface area contributed by atoms with Crippen LogP contribution in [0.15, 0.2) is 0 Å². The van der Waals surface area contributed by atoms with Gasteiger partial charge in [-0.05, 0) is 12.5 Å². The van der Waals surface area contributed by atoms with Gasteiger partial charge >= 0.3 is 12.0 Å². The van der Waals surface area contributed by atoms with Crippen LogP contribution in [-0.4, -0.2) is 66.2 Å². The number of nitrogens with one attached hydrogen (secondary N) is 1. The molecular weight excluding hydrogens is 246 g/mol. The number of rotatable bonds is 3. The number of amides is 2. The number of carbonyl (C=O) groups excluding carboxylic acids is 1. The standard InChI is InChI=1S/C13H25N3O3/c1-13(2,3)10(9-11(17)18)14-12(19)16-7-5-15(4)6-8-16/h10H,5-9H2,1-4H3,(H,14,19)(H,17,18). The summed E-state index contributed by atoms with van der Waals surface area (Å²) in [6.45, 7) is 8.89. The summed E-state index contributed by atoms with van der Waals surface area (Å²) in [5.41, 5.74) is -0.277. The zero-order valence-electron chi connectivity index (χ0n) is 12.3. The number of hydrogen-bond donors (Lipinski definition) is 2. The maximum absolute atomic E-state index is 12.1. The second-order valence-electron chi connectivity index (χ2n) is 6.26. The van der Waals surface area contributed by atoms with E-state index in [0.29, 0.717) is 13.1 Å². The molecule has 0 aliphatic carbocycles. The molecule has 0 aromatic carbocycles. The van der Waals surface area contributed by atoms with Crippen molar-refractivity contribution < 1.29 is 14.7 Å². The van der Waals surface area contributed by atoms with Crippen LogP contribution in [0.25, 0.3) is 0 Å². The Hall–Kier alpha value is -1.30. The summed E-state index contributed by atoms with van der Waals surface area (Å²) in [4.78, 5) is 27.0. The molecule has 1 fully saturated rings. The van der Waals surface area contributed by atoms with Crippen LogP contribution < -0.4 is 5.32 Å². The molecule has 6 nitrogen and oxygen atoms in total. The van der Waals surface area contributed by atoms with Crippen molar-refractivity contribution in [1.29, 1.82) is 0 Å². The summed E-state index contributed by atoms with van der Waals surface area (Å²) in [6, 6.07) is -0.522. The Morgan fingerprint density at radius 1 is 1.21 bits per heavy atom. The molecule has 1 saturated heterocycles. The highest BCUT2D eigenvalue weighted by atomic mass is 16.4. The molecule has 1 rings (SSSR count). The van der Waals surface area contributed by atoms with E-state index in [0.717, 1.165) is 13.1 Å². The molecular formula is C13H25N3O3. The Bertz CT molecular complexity index is 331. The van der Waals surface area contributed by atoms with E-state index in [1.165, 1.54) is 0 Å². The lowest BCUT2D eigenvalue weighted by molar-refractivity contribution is -0.138. The number of piperazine rings is 1. The van der Waals surface area contributed by atoms with Crippen molar-refractivity contribution >= 4 is 12.0 Å². The Labute approximate surface area is 114 Å². The van der Waals surface area contributed by atoms with E-state index >= 15 is 0 Å². The molecule has 0 saturated carbocycles. The van der Waals surface area contributed by atoms with Gasteiger partial charge in [0, 0.05) is 32.2 Å². The molecule has 1 aliphatic rings. The fourth-order valence-corrected chi connectivity index (χ4v) is 2.00. The Morgan fingerprint density at radius 3 is 2.16 bits per heavy atom. The molecule has 1 aliphatic heterocycles. The molecule has 0 aromatic rings. The third kappa shape index (κ3) is 5.06. The van der Waals surface area contributed by atoms with Gasteiger partial charge in [-0.1, -0.05) is 20.8 Å². The topological polar surface area (TPSA) is 72.9 Å². The number of nitrogens with zero attached hydrogens (tertiary/aromatic N) is 2. The first-order valence-corrected chi connectivity index (χ1v) is 6.66. The smallest absolute Gasteiger partial charge is 0.317 e. The molecule has 19 heavy (non-hydrogen) atoms. The maximum atomic E-state index is 12.1. The van der Waals surface area contributed by atoms with Crippen LogP contribution in [0.4, 0.5) is 4.79 Å². The van der Waals surface area contributed by atoms with Crippen molar-refractivity contribution in [2.24, 2.45) is 5.41 Å².